The Morgan fingerprint density at radius 3 is 2.65 bits per heavy atom. The van der Waals surface area contributed by atoms with E-state index >= 15 is 0 Å². The number of nitrogens with one attached hydrogen (secondary N) is 1. The van der Waals surface area contributed by atoms with E-state index in [1.165, 1.54) is 10.5 Å². The Bertz CT molecular complexity index is 473. The van der Waals surface area contributed by atoms with E-state index in [9.17, 15) is 9.59 Å². The van der Waals surface area contributed by atoms with Crippen LogP contribution in [0.3, 0.4) is 0 Å². The first-order valence-electron chi connectivity index (χ1n) is 7.22. The third-order valence-electron chi connectivity index (χ3n) is 3.90. The summed E-state index contributed by atoms with van der Waals surface area (Å²) in [5.41, 5.74) is 1.26. The maximum atomic E-state index is 12.1. The molecule has 1 aromatic carbocycles. The fraction of sp³-hybridized carbons (Fsp3) is 0.500. The number of carbonyl (C=O) groups is 2. The number of amides is 2. The van der Waals surface area contributed by atoms with Crippen LogP contribution in [0.2, 0.25) is 0 Å². The molecule has 2 atom stereocenters. The maximum Gasteiger partial charge on any atom is 0.246 e. The SMILES string of the molecule is CCC(Cc1ccccc1)NC1CCC(=O)N(C)C1=O. The molecule has 20 heavy (non-hydrogen) atoms. The van der Waals surface area contributed by atoms with Crippen LogP contribution in [0, 0.1) is 0 Å². The molecule has 2 rings (SSSR count). The second-order valence-electron chi connectivity index (χ2n) is 5.34. The molecule has 4 nitrogen and oxygen atoms in total. The van der Waals surface area contributed by atoms with Crippen molar-refractivity contribution in [2.75, 3.05) is 7.05 Å². The van der Waals surface area contributed by atoms with Gasteiger partial charge in [0.05, 0.1) is 6.04 Å². The van der Waals surface area contributed by atoms with Gasteiger partial charge in [-0.15, -0.1) is 0 Å². The molecular weight excluding hydrogens is 252 g/mol. The molecule has 1 saturated heterocycles. The Kier molecular flexibility index (Phi) is 4.90. The molecule has 108 valence electrons. The number of likely N-dealkylation sites (N-methyl/N-ethyl adjacent to an activating group) is 1. The summed E-state index contributed by atoms with van der Waals surface area (Å²) in [7, 11) is 1.57. The van der Waals surface area contributed by atoms with Crippen LogP contribution in [0.25, 0.3) is 0 Å². The second-order valence-corrected chi connectivity index (χ2v) is 5.34. The van der Waals surface area contributed by atoms with Gasteiger partial charge in [-0.05, 0) is 24.8 Å². The van der Waals surface area contributed by atoms with E-state index in [0.717, 1.165) is 12.8 Å². The fourth-order valence-electron chi connectivity index (χ4n) is 2.57. The van der Waals surface area contributed by atoms with Gasteiger partial charge in [-0.3, -0.25) is 14.5 Å². The van der Waals surface area contributed by atoms with Crippen LogP contribution in [0.15, 0.2) is 30.3 Å². The Hall–Kier alpha value is -1.68. The minimum atomic E-state index is -0.230. The molecule has 0 bridgehead atoms. The highest BCUT2D eigenvalue weighted by molar-refractivity contribution is 6.00. The first-order valence-corrected chi connectivity index (χ1v) is 7.22. The molecule has 0 aliphatic carbocycles. The van der Waals surface area contributed by atoms with Crippen LogP contribution in [0.1, 0.15) is 31.7 Å². The van der Waals surface area contributed by atoms with Gasteiger partial charge < -0.3 is 5.32 Å². The highest BCUT2D eigenvalue weighted by Crippen LogP contribution is 2.14. The van der Waals surface area contributed by atoms with E-state index in [1.54, 1.807) is 7.05 Å². The highest BCUT2D eigenvalue weighted by Gasteiger charge is 2.32. The summed E-state index contributed by atoms with van der Waals surface area (Å²) in [4.78, 5) is 24.8. The summed E-state index contributed by atoms with van der Waals surface area (Å²) in [5.74, 6) is -0.183. The maximum absolute atomic E-state index is 12.1. The number of carbonyl (C=O) groups excluding carboxylic acids is 2. The van der Waals surface area contributed by atoms with Crippen molar-refractivity contribution in [1.82, 2.24) is 10.2 Å². The second kappa shape index (κ2) is 6.66. The topological polar surface area (TPSA) is 49.4 Å². The van der Waals surface area contributed by atoms with E-state index in [1.807, 2.05) is 18.2 Å². The summed E-state index contributed by atoms with van der Waals surface area (Å²) >= 11 is 0. The summed E-state index contributed by atoms with van der Waals surface area (Å²) in [6.45, 7) is 2.11. The van der Waals surface area contributed by atoms with Crippen molar-refractivity contribution in [2.45, 2.75) is 44.7 Å². The average Bonchev–Trinajstić information content (AvgIpc) is 2.48. The number of rotatable bonds is 5. The Labute approximate surface area is 120 Å². The quantitative estimate of drug-likeness (QED) is 0.832. The first kappa shape index (κ1) is 14.7. The fourth-order valence-corrected chi connectivity index (χ4v) is 2.57. The molecule has 1 fully saturated rings. The number of imide groups is 1. The van der Waals surface area contributed by atoms with Crippen molar-refractivity contribution >= 4 is 11.8 Å². The minimum absolute atomic E-state index is 0.0795. The van der Waals surface area contributed by atoms with Crippen molar-refractivity contribution in [3.63, 3.8) is 0 Å². The zero-order valence-corrected chi connectivity index (χ0v) is 12.1. The van der Waals surface area contributed by atoms with Crippen molar-refractivity contribution in [3.05, 3.63) is 35.9 Å². The average molecular weight is 274 g/mol. The molecule has 1 heterocycles. The van der Waals surface area contributed by atoms with E-state index < -0.39 is 0 Å². The molecule has 1 aliphatic heterocycles. The molecule has 1 N–H and O–H groups in total. The van der Waals surface area contributed by atoms with Gasteiger partial charge in [0.2, 0.25) is 11.8 Å². The summed E-state index contributed by atoms with van der Waals surface area (Å²) in [6, 6.07) is 10.3. The Balaban J connectivity index is 1.96. The van der Waals surface area contributed by atoms with Gasteiger partial charge in [-0.25, -0.2) is 0 Å². The molecule has 0 aromatic heterocycles. The largest absolute Gasteiger partial charge is 0.303 e. The molecule has 2 amide bonds. The van der Waals surface area contributed by atoms with Gasteiger partial charge >= 0.3 is 0 Å². The van der Waals surface area contributed by atoms with E-state index in [4.69, 9.17) is 0 Å². The monoisotopic (exact) mass is 274 g/mol. The predicted molar refractivity (Wildman–Crippen MR) is 78.2 cm³/mol. The van der Waals surface area contributed by atoms with Gasteiger partial charge in [0, 0.05) is 19.5 Å². The molecule has 0 radical (unpaired) electrons. The van der Waals surface area contributed by atoms with Gasteiger partial charge in [0.15, 0.2) is 0 Å². The van der Waals surface area contributed by atoms with Crippen LogP contribution in [0.5, 0.6) is 0 Å². The van der Waals surface area contributed by atoms with Crippen LogP contribution in [-0.4, -0.2) is 35.8 Å². The smallest absolute Gasteiger partial charge is 0.246 e. The number of nitrogens with zero attached hydrogens (tertiary/aromatic N) is 1. The lowest BCUT2D eigenvalue weighted by Gasteiger charge is -2.31. The normalized spacial score (nSPS) is 21.1. The number of hydrogen-bond acceptors (Lipinski definition) is 3. The Morgan fingerprint density at radius 1 is 1.30 bits per heavy atom. The van der Waals surface area contributed by atoms with E-state index in [0.29, 0.717) is 12.8 Å². The van der Waals surface area contributed by atoms with Gasteiger partial charge in [0.25, 0.3) is 0 Å². The molecular formula is C16H22N2O2. The summed E-state index contributed by atoms with van der Waals surface area (Å²) in [5, 5.41) is 3.41. The lowest BCUT2D eigenvalue weighted by Crippen LogP contribution is -2.54. The van der Waals surface area contributed by atoms with Crippen LogP contribution in [0.4, 0.5) is 0 Å². The van der Waals surface area contributed by atoms with Crippen molar-refractivity contribution in [3.8, 4) is 0 Å². The van der Waals surface area contributed by atoms with Crippen molar-refractivity contribution < 1.29 is 9.59 Å². The standard InChI is InChI=1S/C16H22N2O2/c1-3-13(11-12-7-5-4-6-8-12)17-14-9-10-15(19)18(2)16(14)20/h4-8,13-14,17H,3,9-11H2,1-2H3. The molecule has 0 spiro atoms. The van der Waals surface area contributed by atoms with E-state index in [2.05, 4.69) is 24.4 Å². The number of benzene rings is 1. The number of hydrogen-bond donors (Lipinski definition) is 1. The first-order chi connectivity index (χ1) is 9.61. The molecule has 1 aliphatic rings. The lowest BCUT2D eigenvalue weighted by molar-refractivity contribution is -0.148. The van der Waals surface area contributed by atoms with Crippen LogP contribution >= 0.6 is 0 Å². The summed E-state index contributed by atoms with van der Waals surface area (Å²) < 4.78 is 0. The third-order valence-corrected chi connectivity index (χ3v) is 3.90. The van der Waals surface area contributed by atoms with Crippen molar-refractivity contribution in [2.24, 2.45) is 0 Å². The zero-order chi connectivity index (χ0) is 14.5. The zero-order valence-electron chi connectivity index (χ0n) is 12.1. The third kappa shape index (κ3) is 3.45. The van der Waals surface area contributed by atoms with Crippen molar-refractivity contribution in [1.29, 1.82) is 0 Å². The predicted octanol–water partition coefficient (Wildman–Crippen LogP) is 1.74. The van der Waals surface area contributed by atoms with Gasteiger partial charge in [-0.2, -0.15) is 0 Å². The van der Waals surface area contributed by atoms with E-state index in [-0.39, 0.29) is 23.9 Å². The van der Waals surface area contributed by atoms with Gasteiger partial charge in [0.1, 0.15) is 0 Å². The Morgan fingerprint density at radius 2 is 2.00 bits per heavy atom. The van der Waals surface area contributed by atoms with Gasteiger partial charge in [-0.1, -0.05) is 37.3 Å². The summed E-state index contributed by atoms with van der Waals surface area (Å²) in [6.07, 6.45) is 2.91. The van der Waals surface area contributed by atoms with Crippen LogP contribution < -0.4 is 5.32 Å². The minimum Gasteiger partial charge on any atom is -0.303 e. The lowest BCUT2D eigenvalue weighted by atomic mass is 9.99. The molecule has 2 unspecified atom stereocenters. The van der Waals surface area contributed by atoms with Crippen LogP contribution in [-0.2, 0) is 16.0 Å². The molecule has 1 aromatic rings. The molecule has 0 saturated carbocycles. The highest BCUT2D eigenvalue weighted by atomic mass is 16.2. The molecule has 4 heteroatoms. The number of piperidine rings is 1. The number of likely N-dealkylation sites (tertiary alicyclic amines) is 1.